The van der Waals surface area contributed by atoms with Gasteiger partial charge in [0, 0.05) is 0 Å². The standard InChI is InChI=1S/C9H6Br3NO3/c10-9(11,12)8(16)13-6-4-2-1-3-5(6)7(14)15/h1-4H,(H,13,16)(H,14,15). The predicted octanol–water partition coefficient (Wildman–Crippen LogP) is 3.16. The summed E-state index contributed by atoms with van der Waals surface area (Å²) < 4.78 is -1.11. The van der Waals surface area contributed by atoms with Crippen LogP contribution in [0.2, 0.25) is 0 Å². The third kappa shape index (κ3) is 3.57. The molecule has 1 aromatic carbocycles. The third-order valence-electron chi connectivity index (χ3n) is 1.66. The minimum absolute atomic E-state index is 0.0348. The number of alkyl halides is 3. The zero-order chi connectivity index (χ0) is 12.3. The molecule has 4 nitrogen and oxygen atoms in total. The van der Waals surface area contributed by atoms with Gasteiger partial charge in [0.25, 0.3) is 5.91 Å². The fourth-order valence-electron chi connectivity index (χ4n) is 0.972. The highest BCUT2D eigenvalue weighted by Gasteiger charge is 2.29. The van der Waals surface area contributed by atoms with E-state index in [1.165, 1.54) is 12.1 Å². The number of carbonyl (C=O) groups is 2. The van der Waals surface area contributed by atoms with E-state index in [4.69, 9.17) is 5.11 Å². The van der Waals surface area contributed by atoms with Crippen molar-refractivity contribution in [3.63, 3.8) is 0 Å². The molecule has 0 bridgehead atoms. The number of aromatic carboxylic acids is 1. The molecule has 2 N–H and O–H groups in total. The van der Waals surface area contributed by atoms with Crippen LogP contribution in [0.1, 0.15) is 10.4 Å². The Morgan fingerprint density at radius 2 is 1.75 bits per heavy atom. The molecule has 16 heavy (non-hydrogen) atoms. The molecule has 0 spiro atoms. The number of anilines is 1. The van der Waals surface area contributed by atoms with Crippen LogP contribution in [0.25, 0.3) is 0 Å². The van der Waals surface area contributed by atoms with Gasteiger partial charge in [0.2, 0.25) is 2.14 Å². The lowest BCUT2D eigenvalue weighted by Crippen LogP contribution is -2.26. The van der Waals surface area contributed by atoms with Gasteiger partial charge in [0.05, 0.1) is 11.3 Å². The Balaban J connectivity index is 2.98. The van der Waals surface area contributed by atoms with Crippen molar-refractivity contribution in [3.8, 4) is 0 Å². The van der Waals surface area contributed by atoms with Gasteiger partial charge in [0.15, 0.2) is 0 Å². The van der Waals surface area contributed by atoms with Crippen LogP contribution in [0.15, 0.2) is 24.3 Å². The smallest absolute Gasteiger partial charge is 0.337 e. The first-order valence-electron chi connectivity index (χ1n) is 4.03. The van der Waals surface area contributed by atoms with E-state index in [2.05, 4.69) is 53.1 Å². The highest BCUT2D eigenvalue weighted by molar-refractivity contribution is 9.40. The van der Waals surface area contributed by atoms with Crippen LogP contribution in [0.5, 0.6) is 0 Å². The number of benzene rings is 1. The highest BCUT2D eigenvalue weighted by atomic mass is 80.0. The zero-order valence-electron chi connectivity index (χ0n) is 7.71. The van der Waals surface area contributed by atoms with Crippen molar-refractivity contribution in [3.05, 3.63) is 29.8 Å². The van der Waals surface area contributed by atoms with Crippen LogP contribution >= 0.6 is 47.8 Å². The molecular weight excluding hydrogens is 410 g/mol. The summed E-state index contributed by atoms with van der Waals surface area (Å²) >= 11 is 9.11. The number of carbonyl (C=O) groups excluding carboxylic acids is 1. The zero-order valence-corrected chi connectivity index (χ0v) is 12.5. The molecule has 0 aliphatic heterocycles. The number of hydrogen-bond donors (Lipinski definition) is 2. The lowest BCUT2D eigenvalue weighted by atomic mass is 10.2. The molecule has 0 atom stereocenters. The van der Waals surface area contributed by atoms with Crippen LogP contribution in [0.3, 0.4) is 0 Å². The fourth-order valence-corrected chi connectivity index (χ4v) is 1.27. The molecule has 0 aromatic heterocycles. The van der Waals surface area contributed by atoms with Crippen LogP contribution < -0.4 is 5.32 Å². The molecular formula is C9H6Br3NO3. The van der Waals surface area contributed by atoms with Crippen LogP contribution in [-0.4, -0.2) is 19.1 Å². The van der Waals surface area contributed by atoms with Gasteiger partial charge in [-0.1, -0.05) is 12.1 Å². The van der Waals surface area contributed by atoms with Crippen molar-refractivity contribution in [1.82, 2.24) is 0 Å². The lowest BCUT2D eigenvalue weighted by molar-refractivity contribution is -0.114. The molecule has 0 radical (unpaired) electrons. The third-order valence-corrected chi connectivity index (χ3v) is 2.74. The number of carboxylic acids is 1. The summed E-state index contributed by atoms with van der Waals surface area (Å²) in [5, 5.41) is 11.4. The molecule has 0 aliphatic rings. The SMILES string of the molecule is O=C(O)c1ccccc1NC(=O)C(Br)(Br)Br. The number of carboxylic acid groups (broad SMARTS) is 1. The second-order valence-electron chi connectivity index (χ2n) is 2.80. The van der Waals surface area contributed by atoms with E-state index in [1.54, 1.807) is 12.1 Å². The molecule has 0 aliphatic carbocycles. The summed E-state index contributed by atoms with van der Waals surface area (Å²) in [6.07, 6.45) is 0. The van der Waals surface area contributed by atoms with Gasteiger partial charge in [0.1, 0.15) is 0 Å². The largest absolute Gasteiger partial charge is 0.478 e. The van der Waals surface area contributed by atoms with Crippen molar-refractivity contribution in [2.24, 2.45) is 0 Å². The number of hydrogen-bond acceptors (Lipinski definition) is 2. The van der Waals surface area contributed by atoms with Crippen LogP contribution in [0, 0.1) is 0 Å². The number of nitrogens with one attached hydrogen (secondary N) is 1. The minimum Gasteiger partial charge on any atom is -0.478 e. The quantitative estimate of drug-likeness (QED) is 0.729. The molecule has 1 aromatic rings. The van der Waals surface area contributed by atoms with Crippen molar-refractivity contribution < 1.29 is 14.7 Å². The number of rotatable bonds is 2. The van der Waals surface area contributed by atoms with Gasteiger partial charge in [-0.3, -0.25) is 4.79 Å². The van der Waals surface area contributed by atoms with E-state index < -0.39 is 14.0 Å². The Bertz CT molecular complexity index is 428. The minimum atomic E-state index is -1.11. The van der Waals surface area contributed by atoms with Crippen LogP contribution in [0.4, 0.5) is 5.69 Å². The Labute approximate surface area is 117 Å². The van der Waals surface area contributed by atoms with E-state index >= 15 is 0 Å². The van der Waals surface area contributed by atoms with E-state index in [0.717, 1.165) is 0 Å². The Morgan fingerprint density at radius 1 is 1.19 bits per heavy atom. The first-order valence-corrected chi connectivity index (χ1v) is 6.41. The number of amides is 1. The van der Waals surface area contributed by atoms with Crippen molar-refractivity contribution in [2.75, 3.05) is 5.32 Å². The maximum atomic E-state index is 11.6. The topological polar surface area (TPSA) is 66.4 Å². The summed E-state index contributed by atoms with van der Waals surface area (Å²) in [4.78, 5) is 22.4. The van der Waals surface area contributed by atoms with Gasteiger partial charge in [-0.05, 0) is 59.9 Å². The van der Waals surface area contributed by atoms with E-state index in [0.29, 0.717) is 0 Å². The van der Waals surface area contributed by atoms with Gasteiger partial charge in [-0.15, -0.1) is 0 Å². The molecule has 86 valence electrons. The summed E-state index contributed by atoms with van der Waals surface area (Å²) in [6.45, 7) is 0. The first-order chi connectivity index (χ1) is 7.32. The van der Waals surface area contributed by atoms with Crippen LogP contribution in [-0.2, 0) is 4.79 Å². The summed E-state index contributed by atoms with van der Waals surface area (Å²) in [5.74, 6) is -1.55. The molecule has 0 heterocycles. The highest BCUT2D eigenvalue weighted by Crippen LogP contribution is 2.34. The maximum absolute atomic E-state index is 11.6. The normalized spacial score (nSPS) is 10.9. The number of para-hydroxylation sites is 1. The van der Waals surface area contributed by atoms with Crippen molar-refractivity contribution >= 4 is 65.4 Å². The Kier molecular flexibility index (Phi) is 4.52. The van der Waals surface area contributed by atoms with Crippen molar-refractivity contribution in [1.29, 1.82) is 0 Å². The Morgan fingerprint density at radius 3 is 2.25 bits per heavy atom. The monoisotopic (exact) mass is 413 g/mol. The molecule has 0 unspecified atom stereocenters. The van der Waals surface area contributed by atoms with Gasteiger partial charge in [-0.25, -0.2) is 4.79 Å². The van der Waals surface area contributed by atoms with E-state index in [1.807, 2.05) is 0 Å². The summed E-state index contributed by atoms with van der Waals surface area (Å²) in [6, 6.07) is 6.15. The van der Waals surface area contributed by atoms with Crippen molar-refractivity contribution in [2.45, 2.75) is 2.14 Å². The van der Waals surface area contributed by atoms with E-state index in [-0.39, 0.29) is 11.3 Å². The maximum Gasteiger partial charge on any atom is 0.337 e. The molecule has 7 heteroatoms. The number of halogens is 3. The fraction of sp³-hybridized carbons (Fsp3) is 0.111. The average molecular weight is 416 g/mol. The van der Waals surface area contributed by atoms with Gasteiger partial charge in [-0.2, -0.15) is 0 Å². The van der Waals surface area contributed by atoms with Gasteiger partial charge < -0.3 is 10.4 Å². The second kappa shape index (κ2) is 5.29. The molecule has 1 rings (SSSR count). The first kappa shape index (κ1) is 13.7. The summed E-state index contributed by atoms with van der Waals surface area (Å²) in [7, 11) is 0. The Hall–Kier alpha value is -0.400. The lowest BCUT2D eigenvalue weighted by Gasteiger charge is -2.13. The average Bonchev–Trinajstić information content (AvgIpc) is 2.16. The molecule has 0 fully saturated rings. The van der Waals surface area contributed by atoms with Gasteiger partial charge >= 0.3 is 5.97 Å². The molecule has 0 saturated heterocycles. The summed E-state index contributed by atoms with van der Waals surface area (Å²) in [5.41, 5.74) is 0.273. The second-order valence-corrected chi connectivity index (χ2v) is 9.56. The predicted molar refractivity (Wildman–Crippen MR) is 71.5 cm³/mol. The molecule has 0 saturated carbocycles. The molecule has 1 amide bonds. The van der Waals surface area contributed by atoms with E-state index in [9.17, 15) is 9.59 Å².